The Bertz CT molecular complexity index is 1460. The monoisotopic (exact) mass is 508 g/mol. The molecule has 0 unspecified atom stereocenters. The third-order valence-corrected chi connectivity index (χ3v) is 7.54. The average Bonchev–Trinajstić information content (AvgIpc) is 3.35. The number of fused-ring (bicyclic) bond motifs is 4. The quantitative estimate of drug-likeness (QED) is 0.330. The number of methoxy groups -OCH3 is 3. The highest BCUT2D eigenvalue weighted by atomic mass is 16.6. The topological polar surface area (TPSA) is 63.2 Å². The first-order valence-corrected chi connectivity index (χ1v) is 12.5. The standard InChI is InChI=1S/C32H28O6/c1-34-25-14-8-9-15-27(25)38-29-19-37-32(30(29)20-16-17-26(35-2)28(18-20)36-3)23-12-6-4-10-21(23)31(33)22-11-5-7-13-24(22)32/h4-18,29-30H,19H2,1-3H3/t29-,30+/m1/s1. The number of hydrogen-bond donors (Lipinski definition) is 0. The van der Waals surface area contributed by atoms with Gasteiger partial charge in [-0.25, -0.2) is 0 Å². The molecule has 0 aromatic heterocycles. The van der Waals surface area contributed by atoms with Crippen LogP contribution >= 0.6 is 0 Å². The Kier molecular flexibility index (Phi) is 6.04. The van der Waals surface area contributed by atoms with Crippen LogP contribution < -0.4 is 18.9 Å². The Balaban J connectivity index is 1.60. The number of benzene rings is 4. The van der Waals surface area contributed by atoms with E-state index in [2.05, 4.69) is 0 Å². The number of hydrogen-bond acceptors (Lipinski definition) is 6. The largest absolute Gasteiger partial charge is 0.493 e. The first-order chi connectivity index (χ1) is 18.6. The molecule has 0 radical (unpaired) electrons. The number of ether oxygens (including phenoxy) is 5. The summed E-state index contributed by atoms with van der Waals surface area (Å²) in [4.78, 5) is 13.6. The average molecular weight is 509 g/mol. The molecular weight excluding hydrogens is 480 g/mol. The van der Waals surface area contributed by atoms with Gasteiger partial charge < -0.3 is 23.7 Å². The number of carbonyl (C=O) groups is 1. The van der Waals surface area contributed by atoms with Crippen LogP contribution in [-0.2, 0) is 10.3 Å². The number of carbonyl (C=O) groups excluding carboxylic acids is 1. The van der Waals surface area contributed by atoms with E-state index in [4.69, 9.17) is 23.7 Å². The van der Waals surface area contributed by atoms with E-state index in [9.17, 15) is 4.79 Å². The molecule has 1 aliphatic carbocycles. The lowest BCUT2D eigenvalue weighted by molar-refractivity contribution is 0.0212. The molecule has 6 rings (SSSR count). The van der Waals surface area contributed by atoms with Crippen LogP contribution in [0.1, 0.15) is 38.5 Å². The summed E-state index contributed by atoms with van der Waals surface area (Å²) in [7, 11) is 4.86. The number of rotatable bonds is 6. The van der Waals surface area contributed by atoms with E-state index in [1.807, 2.05) is 91.0 Å². The fraction of sp³-hybridized carbons (Fsp3) is 0.219. The van der Waals surface area contributed by atoms with E-state index in [0.717, 1.165) is 16.7 Å². The van der Waals surface area contributed by atoms with Gasteiger partial charge in [-0.3, -0.25) is 4.79 Å². The maximum atomic E-state index is 13.6. The maximum Gasteiger partial charge on any atom is 0.193 e. The molecule has 6 nitrogen and oxygen atoms in total. The minimum atomic E-state index is -0.965. The third kappa shape index (κ3) is 3.56. The van der Waals surface area contributed by atoms with Crippen molar-refractivity contribution in [1.82, 2.24) is 0 Å². The molecule has 2 atom stereocenters. The number of para-hydroxylation sites is 2. The lowest BCUT2D eigenvalue weighted by atomic mass is 9.66. The zero-order chi connectivity index (χ0) is 26.3. The summed E-state index contributed by atoms with van der Waals surface area (Å²) < 4.78 is 30.3. The zero-order valence-electron chi connectivity index (χ0n) is 21.5. The van der Waals surface area contributed by atoms with E-state index < -0.39 is 11.7 Å². The summed E-state index contributed by atoms with van der Waals surface area (Å²) in [6.07, 6.45) is -0.404. The molecule has 1 heterocycles. The first kappa shape index (κ1) is 24.1. The van der Waals surface area contributed by atoms with Crippen LogP contribution in [0, 0.1) is 0 Å². The molecule has 1 spiro atoms. The Morgan fingerprint density at radius 3 is 1.87 bits per heavy atom. The Morgan fingerprint density at radius 1 is 0.684 bits per heavy atom. The third-order valence-electron chi connectivity index (χ3n) is 7.54. The minimum Gasteiger partial charge on any atom is -0.493 e. The highest BCUT2D eigenvalue weighted by Gasteiger charge is 2.58. The molecule has 2 aliphatic rings. The van der Waals surface area contributed by atoms with Gasteiger partial charge in [0.25, 0.3) is 0 Å². The highest BCUT2D eigenvalue weighted by Crippen LogP contribution is 2.57. The molecule has 1 aliphatic heterocycles. The fourth-order valence-corrected chi connectivity index (χ4v) is 5.93. The summed E-state index contributed by atoms with van der Waals surface area (Å²) in [6, 6.07) is 28.9. The predicted octanol–water partition coefficient (Wildman–Crippen LogP) is 5.76. The Labute approximate surface area is 221 Å². The summed E-state index contributed by atoms with van der Waals surface area (Å²) in [5.41, 5.74) is 2.90. The van der Waals surface area contributed by atoms with E-state index in [-0.39, 0.29) is 11.7 Å². The molecule has 0 bridgehead atoms. The highest BCUT2D eigenvalue weighted by molar-refractivity contribution is 6.13. The van der Waals surface area contributed by atoms with Gasteiger partial charge in [-0.2, -0.15) is 0 Å². The molecule has 1 saturated heterocycles. The Hall–Kier alpha value is -4.29. The van der Waals surface area contributed by atoms with Crippen molar-refractivity contribution in [1.29, 1.82) is 0 Å². The summed E-state index contributed by atoms with van der Waals surface area (Å²) in [5.74, 6) is 2.16. The second-order valence-corrected chi connectivity index (χ2v) is 9.37. The lowest BCUT2D eigenvalue weighted by Crippen LogP contribution is -2.42. The molecule has 4 aromatic carbocycles. The van der Waals surface area contributed by atoms with Crippen LogP contribution in [0.3, 0.4) is 0 Å². The van der Waals surface area contributed by atoms with Crippen molar-refractivity contribution < 1.29 is 28.5 Å². The molecule has 1 fully saturated rings. The molecule has 6 heteroatoms. The van der Waals surface area contributed by atoms with Gasteiger partial charge in [0, 0.05) is 22.3 Å². The zero-order valence-corrected chi connectivity index (χ0v) is 21.5. The number of ketones is 1. The molecule has 4 aromatic rings. The van der Waals surface area contributed by atoms with Gasteiger partial charge >= 0.3 is 0 Å². The first-order valence-electron chi connectivity index (χ1n) is 12.5. The van der Waals surface area contributed by atoms with E-state index in [1.54, 1.807) is 21.3 Å². The van der Waals surface area contributed by atoms with Gasteiger partial charge in [0.2, 0.25) is 0 Å². The second kappa shape index (κ2) is 9.54. The van der Waals surface area contributed by atoms with Gasteiger partial charge in [0.05, 0.1) is 33.9 Å². The summed E-state index contributed by atoms with van der Waals surface area (Å²) >= 11 is 0. The van der Waals surface area contributed by atoms with E-state index in [0.29, 0.717) is 40.7 Å². The second-order valence-electron chi connectivity index (χ2n) is 9.37. The molecule has 0 saturated carbocycles. The van der Waals surface area contributed by atoms with Crippen molar-refractivity contribution in [3.8, 4) is 23.0 Å². The lowest BCUT2D eigenvalue weighted by Gasteiger charge is -2.41. The van der Waals surface area contributed by atoms with Crippen LogP contribution in [-0.4, -0.2) is 39.8 Å². The van der Waals surface area contributed by atoms with Gasteiger partial charge in [-0.05, 0) is 29.8 Å². The summed E-state index contributed by atoms with van der Waals surface area (Å²) in [6.45, 7) is 0.300. The van der Waals surface area contributed by atoms with Crippen molar-refractivity contribution in [2.24, 2.45) is 0 Å². The van der Waals surface area contributed by atoms with Gasteiger partial charge in [-0.15, -0.1) is 0 Å². The molecular formula is C32H28O6. The fourth-order valence-electron chi connectivity index (χ4n) is 5.93. The van der Waals surface area contributed by atoms with Gasteiger partial charge in [0.15, 0.2) is 28.8 Å². The van der Waals surface area contributed by atoms with Crippen LogP contribution in [0.5, 0.6) is 23.0 Å². The van der Waals surface area contributed by atoms with E-state index in [1.165, 1.54) is 0 Å². The summed E-state index contributed by atoms with van der Waals surface area (Å²) in [5, 5.41) is 0. The van der Waals surface area contributed by atoms with Gasteiger partial charge in [0.1, 0.15) is 11.7 Å². The van der Waals surface area contributed by atoms with Crippen molar-refractivity contribution in [2.75, 3.05) is 27.9 Å². The van der Waals surface area contributed by atoms with E-state index >= 15 is 0 Å². The molecule has 38 heavy (non-hydrogen) atoms. The normalized spacial score (nSPS) is 19.0. The molecule has 192 valence electrons. The maximum absolute atomic E-state index is 13.6. The molecule has 0 N–H and O–H groups in total. The van der Waals surface area contributed by atoms with Crippen molar-refractivity contribution >= 4 is 5.78 Å². The van der Waals surface area contributed by atoms with Crippen LogP contribution in [0.4, 0.5) is 0 Å². The van der Waals surface area contributed by atoms with Crippen LogP contribution in [0.15, 0.2) is 91.0 Å². The minimum absolute atomic E-state index is 0.00872. The SMILES string of the molecule is COc1ccc([C@H]2[C@H](Oc3ccccc3OC)COC23c2ccccc2C(=O)c2ccccc23)cc1OC. The Morgan fingerprint density at radius 2 is 1.24 bits per heavy atom. The van der Waals surface area contributed by atoms with Crippen LogP contribution in [0.2, 0.25) is 0 Å². The molecule has 0 amide bonds. The smallest absolute Gasteiger partial charge is 0.193 e. The van der Waals surface area contributed by atoms with Gasteiger partial charge in [-0.1, -0.05) is 66.7 Å². The van der Waals surface area contributed by atoms with Crippen LogP contribution in [0.25, 0.3) is 0 Å². The van der Waals surface area contributed by atoms with Crippen molar-refractivity contribution in [3.63, 3.8) is 0 Å². The predicted molar refractivity (Wildman–Crippen MR) is 143 cm³/mol. The van der Waals surface area contributed by atoms with Crippen molar-refractivity contribution in [3.05, 3.63) is 119 Å². The van der Waals surface area contributed by atoms with Crippen molar-refractivity contribution in [2.45, 2.75) is 17.6 Å².